The smallest absolute Gasteiger partial charge is 0.234 e. The van der Waals surface area contributed by atoms with Crippen molar-refractivity contribution in [3.05, 3.63) is 24.3 Å². The van der Waals surface area contributed by atoms with Gasteiger partial charge in [0.05, 0.1) is 5.69 Å². The molecule has 0 bridgehead atoms. The second-order valence-corrected chi connectivity index (χ2v) is 6.42. The molecule has 112 valence electrons. The molecule has 6 heteroatoms. The molecule has 0 atom stereocenters. The molecule has 2 rings (SSSR count). The molecule has 0 aliphatic carbocycles. The van der Waals surface area contributed by atoms with Crippen LogP contribution in [0.4, 0.5) is 5.69 Å². The molecule has 1 aromatic carbocycles. The fraction of sp³-hybridized carbons (Fsp3) is 0.400. The zero-order valence-electron chi connectivity index (χ0n) is 12.1. The van der Waals surface area contributed by atoms with Crippen LogP contribution in [0.5, 0.6) is 5.75 Å². The van der Waals surface area contributed by atoms with Crippen LogP contribution in [0, 0.1) is 5.41 Å². The van der Waals surface area contributed by atoms with E-state index < -0.39 is 0 Å². The minimum absolute atomic E-state index is 0.119. The van der Waals surface area contributed by atoms with Gasteiger partial charge in [0.1, 0.15) is 17.3 Å². The molecule has 1 aliphatic heterocycles. The molecule has 1 aliphatic rings. The first-order valence-corrected chi connectivity index (χ1v) is 7.06. The summed E-state index contributed by atoms with van der Waals surface area (Å²) in [6.45, 7) is 3.96. The normalized spacial score (nSPS) is 17.7. The summed E-state index contributed by atoms with van der Waals surface area (Å²) in [6, 6.07) is 6.81. The minimum atomic E-state index is -0.287. The van der Waals surface area contributed by atoms with Gasteiger partial charge in [0, 0.05) is 18.9 Å². The molecule has 2 amide bonds. The molecule has 1 fully saturated rings. The average molecular weight is 306 g/mol. The standard InChI is InChI=1S/C15H18N2O3S/c1-15(2)7-13(18)17(14(19)8-15)10-4-3-5-11(6-10)20-9-12(16)21/h3-6H,7-9H2,1-2H3,(H2,16,21). The minimum Gasteiger partial charge on any atom is -0.486 e. The highest BCUT2D eigenvalue weighted by atomic mass is 32.1. The lowest BCUT2D eigenvalue weighted by Gasteiger charge is -2.34. The predicted octanol–water partition coefficient (Wildman–Crippen LogP) is 2.03. The molecule has 1 heterocycles. The van der Waals surface area contributed by atoms with E-state index >= 15 is 0 Å². The molecule has 21 heavy (non-hydrogen) atoms. The average Bonchev–Trinajstić information content (AvgIpc) is 2.34. The summed E-state index contributed by atoms with van der Waals surface area (Å²) in [6.07, 6.45) is 0.688. The van der Waals surface area contributed by atoms with E-state index in [1.165, 1.54) is 4.90 Å². The van der Waals surface area contributed by atoms with Gasteiger partial charge in [-0.15, -0.1) is 0 Å². The molecule has 1 aromatic rings. The van der Waals surface area contributed by atoms with Crippen molar-refractivity contribution >= 4 is 34.7 Å². The summed E-state index contributed by atoms with van der Waals surface area (Å²) >= 11 is 4.75. The number of benzene rings is 1. The van der Waals surface area contributed by atoms with Gasteiger partial charge < -0.3 is 10.5 Å². The summed E-state index contributed by atoms with van der Waals surface area (Å²) in [5, 5.41) is 0. The monoisotopic (exact) mass is 306 g/mol. The number of nitrogens with zero attached hydrogens (tertiary/aromatic N) is 1. The molecule has 0 aromatic heterocycles. The fourth-order valence-electron chi connectivity index (χ4n) is 2.33. The quantitative estimate of drug-likeness (QED) is 0.680. The maximum atomic E-state index is 12.2. The largest absolute Gasteiger partial charge is 0.486 e. The Labute approximate surface area is 129 Å². The second kappa shape index (κ2) is 5.81. The second-order valence-electron chi connectivity index (χ2n) is 5.89. The van der Waals surface area contributed by atoms with Gasteiger partial charge in [-0.1, -0.05) is 32.1 Å². The molecule has 0 saturated carbocycles. The Balaban J connectivity index is 2.21. The molecule has 2 N–H and O–H groups in total. The van der Waals surface area contributed by atoms with Crippen molar-refractivity contribution in [3.63, 3.8) is 0 Å². The number of piperidine rings is 1. The number of ether oxygens (including phenoxy) is 1. The van der Waals surface area contributed by atoms with E-state index in [2.05, 4.69) is 0 Å². The number of carbonyl (C=O) groups is 2. The maximum Gasteiger partial charge on any atom is 0.234 e. The molecular weight excluding hydrogens is 288 g/mol. The SMILES string of the molecule is CC1(C)CC(=O)N(c2cccc(OCC(N)=S)c2)C(=O)C1. The third kappa shape index (κ3) is 3.78. The predicted molar refractivity (Wildman–Crippen MR) is 84.2 cm³/mol. The van der Waals surface area contributed by atoms with Crippen molar-refractivity contribution < 1.29 is 14.3 Å². The van der Waals surface area contributed by atoms with Crippen LogP contribution in [0.3, 0.4) is 0 Å². The van der Waals surface area contributed by atoms with Crippen LogP contribution in [0.1, 0.15) is 26.7 Å². The van der Waals surface area contributed by atoms with Gasteiger partial charge in [0.25, 0.3) is 0 Å². The number of anilines is 1. The van der Waals surface area contributed by atoms with Gasteiger partial charge in [-0.2, -0.15) is 0 Å². The molecule has 0 spiro atoms. The molecule has 1 saturated heterocycles. The van der Waals surface area contributed by atoms with Crippen molar-refractivity contribution in [2.24, 2.45) is 11.1 Å². The van der Waals surface area contributed by atoms with Crippen molar-refractivity contribution in [3.8, 4) is 5.75 Å². The van der Waals surface area contributed by atoms with Crippen molar-refractivity contribution in [1.29, 1.82) is 0 Å². The van der Waals surface area contributed by atoms with Crippen LogP contribution < -0.4 is 15.4 Å². The summed E-state index contributed by atoms with van der Waals surface area (Å²) in [7, 11) is 0. The Hall–Kier alpha value is -1.95. The van der Waals surface area contributed by atoms with Gasteiger partial charge >= 0.3 is 0 Å². The van der Waals surface area contributed by atoms with E-state index in [9.17, 15) is 9.59 Å². The Morgan fingerprint density at radius 1 is 1.33 bits per heavy atom. The third-order valence-corrected chi connectivity index (χ3v) is 3.33. The molecule has 0 unspecified atom stereocenters. The number of rotatable bonds is 4. The van der Waals surface area contributed by atoms with E-state index in [4.69, 9.17) is 22.7 Å². The number of hydrogen-bond acceptors (Lipinski definition) is 4. The number of hydrogen-bond donors (Lipinski definition) is 1. The van der Waals surface area contributed by atoms with Crippen LogP contribution in [-0.2, 0) is 9.59 Å². The van der Waals surface area contributed by atoms with Crippen molar-refractivity contribution in [1.82, 2.24) is 0 Å². The lowest BCUT2D eigenvalue weighted by atomic mass is 9.81. The van der Waals surface area contributed by atoms with Crippen LogP contribution in [0.25, 0.3) is 0 Å². The molecular formula is C15H18N2O3S. The highest BCUT2D eigenvalue weighted by Gasteiger charge is 2.38. The van der Waals surface area contributed by atoms with Crippen molar-refractivity contribution in [2.45, 2.75) is 26.7 Å². The topological polar surface area (TPSA) is 72.6 Å². The van der Waals surface area contributed by atoms with Crippen LogP contribution in [-0.4, -0.2) is 23.4 Å². The number of imide groups is 1. The van der Waals surface area contributed by atoms with Gasteiger partial charge in [-0.3, -0.25) is 14.5 Å². The first-order chi connectivity index (χ1) is 9.78. The summed E-state index contributed by atoms with van der Waals surface area (Å²) in [4.78, 5) is 25.9. The Morgan fingerprint density at radius 3 is 2.52 bits per heavy atom. The highest BCUT2D eigenvalue weighted by molar-refractivity contribution is 7.80. The van der Waals surface area contributed by atoms with E-state index in [1.54, 1.807) is 24.3 Å². The molecule has 0 radical (unpaired) electrons. The number of amides is 2. The third-order valence-electron chi connectivity index (χ3n) is 3.22. The molecule has 5 nitrogen and oxygen atoms in total. The summed E-state index contributed by atoms with van der Waals surface area (Å²) < 4.78 is 5.39. The Morgan fingerprint density at radius 2 is 1.95 bits per heavy atom. The lowest BCUT2D eigenvalue weighted by Crippen LogP contribution is -2.46. The van der Waals surface area contributed by atoms with Crippen LogP contribution in [0.15, 0.2) is 24.3 Å². The number of nitrogens with two attached hydrogens (primary N) is 1. The zero-order chi connectivity index (χ0) is 15.6. The maximum absolute atomic E-state index is 12.2. The number of thiocarbonyl (C=S) groups is 1. The summed E-state index contributed by atoms with van der Waals surface area (Å²) in [5.74, 6) is 0.135. The van der Waals surface area contributed by atoms with Gasteiger partial charge in [0.2, 0.25) is 11.8 Å². The number of carbonyl (C=O) groups excluding carboxylic acids is 2. The summed E-state index contributed by atoms with van der Waals surface area (Å²) in [5.41, 5.74) is 5.61. The van der Waals surface area contributed by atoms with E-state index in [0.717, 1.165) is 0 Å². The van der Waals surface area contributed by atoms with E-state index in [-0.39, 0.29) is 28.8 Å². The zero-order valence-corrected chi connectivity index (χ0v) is 12.9. The van der Waals surface area contributed by atoms with Crippen LogP contribution in [0.2, 0.25) is 0 Å². The lowest BCUT2D eigenvalue weighted by molar-refractivity contribution is -0.132. The van der Waals surface area contributed by atoms with Crippen molar-refractivity contribution in [2.75, 3.05) is 11.5 Å². The van der Waals surface area contributed by atoms with E-state index in [1.807, 2.05) is 13.8 Å². The van der Waals surface area contributed by atoms with Gasteiger partial charge in [0.15, 0.2) is 0 Å². The van der Waals surface area contributed by atoms with Crippen LogP contribution >= 0.6 is 12.2 Å². The van der Waals surface area contributed by atoms with Gasteiger partial charge in [-0.25, -0.2) is 0 Å². The Bertz CT molecular complexity index is 578. The first kappa shape index (κ1) is 15.4. The van der Waals surface area contributed by atoms with Gasteiger partial charge in [-0.05, 0) is 17.5 Å². The Kier molecular flexibility index (Phi) is 4.27. The van der Waals surface area contributed by atoms with E-state index in [0.29, 0.717) is 24.3 Å². The highest BCUT2D eigenvalue weighted by Crippen LogP contribution is 2.34. The fourth-order valence-corrected chi connectivity index (χ4v) is 2.39. The first-order valence-electron chi connectivity index (χ1n) is 6.65.